The lowest BCUT2D eigenvalue weighted by Gasteiger charge is -2.18. The highest BCUT2D eigenvalue weighted by Gasteiger charge is 2.50. The molecule has 1 saturated heterocycles. The Bertz CT molecular complexity index is 283. The maximum Gasteiger partial charge on any atom is 0.169 e. The normalized spacial score (nSPS) is 48.5. The van der Waals surface area contributed by atoms with Gasteiger partial charge in [-0.25, -0.2) is 0 Å². The summed E-state index contributed by atoms with van der Waals surface area (Å²) in [5, 5.41) is 0. The summed E-state index contributed by atoms with van der Waals surface area (Å²) in [5.74, 6) is 3.44. The second kappa shape index (κ2) is 3.07. The fourth-order valence-electron chi connectivity index (χ4n) is 3.41. The van der Waals surface area contributed by atoms with Crippen LogP contribution in [0.2, 0.25) is 0 Å². The summed E-state index contributed by atoms with van der Waals surface area (Å²) in [4.78, 5) is 12.0. The lowest BCUT2D eigenvalue weighted by molar-refractivity contribution is -0.127. The van der Waals surface area contributed by atoms with Crippen LogP contribution in [0.5, 0.6) is 0 Å². The summed E-state index contributed by atoms with van der Waals surface area (Å²) in [5.41, 5.74) is -0.402. The van der Waals surface area contributed by atoms with Gasteiger partial charge in [-0.05, 0) is 50.4 Å². The highest BCUT2D eigenvalue weighted by atomic mass is 16.6. The zero-order chi connectivity index (χ0) is 10.6. The third kappa shape index (κ3) is 1.73. The van der Waals surface area contributed by atoms with Gasteiger partial charge in [0.15, 0.2) is 5.78 Å². The topological polar surface area (TPSA) is 29.6 Å². The predicted molar refractivity (Wildman–Crippen MR) is 57.5 cm³/mol. The van der Waals surface area contributed by atoms with E-state index in [0.29, 0.717) is 12.4 Å². The van der Waals surface area contributed by atoms with Gasteiger partial charge in [-0.3, -0.25) is 4.79 Å². The first-order valence-corrected chi connectivity index (χ1v) is 6.27. The Morgan fingerprint density at radius 2 is 2.00 bits per heavy atom. The predicted octanol–water partition coefficient (Wildman–Crippen LogP) is 2.42. The van der Waals surface area contributed by atoms with Crippen molar-refractivity contribution in [3.05, 3.63) is 0 Å². The quantitative estimate of drug-likeness (QED) is 0.664. The zero-order valence-electron chi connectivity index (χ0n) is 9.66. The minimum atomic E-state index is -0.402. The Labute approximate surface area is 91.4 Å². The molecule has 84 valence electrons. The number of ketones is 1. The van der Waals surface area contributed by atoms with Gasteiger partial charge in [0.1, 0.15) is 5.60 Å². The fraction of sp³-hybridized carbons (Fsp3) is 0.923. The van der Waals surface area contributed by atoms with Crippen LogP contribution in [0.1, 0.15) is 39.5 Å². The van der Waals surface area contributed by atoms with E-state index in [2.05, 4.69) is 6.92 Å². The number of hydrogen-bond donors (Lipinski definition) is 0. The summed E-state index contributed by atoms with van der Waals surface area (Å²) in [7, 11) is 0. The molecule has 0 spiro atoms. The van der Waals surface area contributed by atoms with E-state index in [1.165, 1.54) is 19.3 Å². The van der Waals surface area contributed by atoms with Crippen molar-refractivity contribution in [2.24, 2.45) is 23.7 Å². The van der Waals surface area contributed by atoms with Crippen molar-refractivity contribution in [3.8, 4) is 0 Å². The number of hydrogen-bond acceptors (Lipinski definition) is 2. The Kier molecular flexibility index (Phi) is 2.01. The van der Waals surface area contributed by atoms with Gasteiger partial charge in [0, 0.05) is 5.92 Å². The number of ether oxygens (including phenoxy) is 1. The van der Waals surface area contributed by atoms with E-state index in [1.54, 1.807) is 0 Å². The molecule has 0 N–H and O–H groups in total. The van der Waals surface area contributed by atoms with Crippen LogP contribution in [-0.4, -0.2) is 18.0 Å². The second-order valence-electron chi connectivity index (χ2n) is 6.11. The van der Waals surface area contributed by atoms with Crippen molar-refractivity contribution in [1.29, 1.82) is 0 Å². The van der Waals surface area contributed by atoms with Crippen LogP contribution in [0.3, 0.4) is 0 Å². The largest absolute Gasteiger partial charge is 0.362 e. The molecule has 0 aromatic carbocycles. The Morgan fingerprint density at radius 3 is 2.53 bits per heavy atom. The Hall–Kier alpha value is -0.370. The second-order valence-corrected chi connectivity index (χ2v) is 6.11. The molecule has 3 fully saturated rings. The maximum atomic E-state index is 12.0. The van der Waals surface area contributed by atoms with Crippen LogP contribution in [0.4, 0.5) is 0 Å². The summed E-state index contributed by atoms with van der Waals surface area (Å²) in [6, 6.07) is 0. The minimum Gasteiger partial charge on any atom is -0.362 e. The first kappa shape index (κ1) is 9.83. The molecule has 2 saturated carbocycles. The van der Waals surface area contributed by atoms with Crippen LogP contribution < -0.4 is 0 Å². The molecule has 2 aliphatic carbocycles. The third-order valence-corrected chi connectivity index (χ3v) is 4.57. The Balaban J connectivity index is 1.52. The van der Waals surface area contributed by atoms with E-state index in [1.807, 2.05) is 6.92 Å². The first-order valence-electron chi connectivity index (χ1n) is 6.27. The molecule has 0 unspecified atom stereocenters. The molecular weight excluding hydrogens is 188 g/mol. The number of fused-ring (bicyclic) bond motifs is 1. The molecular formula is C13H20O2. The van der Waals surface area contributed by atoms with Gasteiger partial charge >= 0.3 is 0 Å². The summed E-state index contributed by atoms with van der Waals surface area (Å²) in [6.07, 6.45) is 5.35. The molecule has 15 heavy (non-hydrogen) atoms. The van der Waals surface area contributed by atoms with Gasteiger partial charge in [0.2, 0.25) is 0 Å². The third-order valence-electron chi connectivity index (χ3n) is 4.57. The van der Waals surface area contributed by atoms with E-state index < -0.39 is 5.60 Å². The summed E-state index contributed by atoms with van der Waals surface area (Å²) in [6.45, 7) is 4.66. The van der Waals surface area contributed by atoms with Gasteiger partial charge in [-0.15, -0.1) is 0 Å². The molecule has 2 heteroatoms. The van der Waals surface area contributed by atoms with Crippen LogP contribution in [0.25, 0.3) is 0 Å². The van der Waals surface area contributed by atoms with Gasteiger partial charge in [-0.2, -0.15) is 0 Å². The molecule has 2 nitrogen and oxygen atoms in total. The van der Waals surface area contributed by atoms with Crippen molar-refractivity contribution in [2.75, 3.05) is 6.61 Å². The number of carbonyl (C=O) groups excluding carboxylic acids is 1. The van der Waals surface area contributed by atoms with Crippen molar-refractivity contribution >= 4 is 5.78 Å². The van der Waals surface area contributed by atoms with E-state index in [0.717, 1.165) is 24.2 Å². The molecule has 5 atom stereocenters. The average Bonchev–Trinajstić information content (AvgIpc) is 3.08. The van der Waals surface area contributed by atoms with Crippen LogP contribution in [0, 0.1) is 23.7 Å². The number of epoxide rings is 1. The van der Waals surface area contributed by atoms with Crippen LogP contribution in [0.15, 0.2) is 0 Å². The molecule has 0 amide bonds. The summed E-state index contributed by atoms with van der Waals surface area (Å²) < 4.78 is 5.22. The van der Waals surface area contributed by atoms with E-state index in [4.69, 9.17) is 4.74 Å². The van der Waals surface area contributed by atoms with Crippen molar-refractivity contribution in [2.45, 2.75) is 45.1 Å². The molecule has 0 radical (unpaired) electrons. The lowest BCUT2D eigenvalue weighted by Crippen LogP contribution is -2.28. The standard InChI is InChI=1S/C13H20O2/c1-8(12(14)13(2)7-15-13)3-9-4-10-6-11(10)5-9/h8-11H,3-7H2,1-2H3/t8-,9-,10-,11+,13+/m0/s1. The van der Waals surface area contributed by atoms with Crippen molar-refractivity contribution in [3.63, 3.8) is 0 Å². The maximum absolute atomic E-state index is 12.0. The van der Waals surface area contributed by atoms with Gasteiger partial charge in [0.25, 0.3) is 0 Å². The highest BCUT2D eigenvalue weighted by Crippen LogP contribution is 2.55. The van der Waals surface area contributed by atoms with E-state index in [9.17, 15) is 4.79 Å². The van der Waals surface area contributed by atoms with Gasteiger partial charge in [0.05, 0.1) is 6.61 Å². The molecule has 0 aromatic heterocycles. The van der Waals surface area contributed by atoms with Crippen molar-refractivity contribution in [1.82, 2.24) is 0 Å². The fourth-order valence-corrected chi connectivity index (χ4v) is 3.41. The average molecular weight is 208 g/mol. The zero-order valence-corrected chi connectivity index (χ0v) is 9.66. The van der Waals surface area contributed by atoms with E-state index >= 15 is 0 Å². The highest BCUT2D eigenvalue weighted by molar-refractivity contribution is 5.91. The minimum absolute atomic E-state index is 0.208. The Morgan fingerprint density at radius 1 is 1.40 bits per heavy atom. The lowest BCUT2D eigenvalue weighted by atomic mass is 9.86. The molecule has 1 heterocycles. The van der Waals surface area contributed by atoms with Crippen LogP contribution in [-0.2, 0) is 9.53 Å². The summed E-state index contributed by atoms with van der Waals surface area (Å²) >= 11 is 0. The van der Waals surface area contributed by atoms with Crippen LogP contribution >= 0.6 is 0 Å². The number of rotatable bonds is 4. The van der Waals surface area contributed by atoms with Crippen molar-refractivity contribution < 1.29 is 9.53 Å². The SMILES string of the molecule is C[C@@H](C[C@@H]1C[C@@H]2C[C@@H]2C1)C(=O)[C@@]1(C)CO1. The molecule has 3 rings (SSSR count). The number of carbonyl (C=O) groups is 1. The monoisotopic (exact) mass is 208 g/mol. The van der Waals surface area contributed by atoms with E-state index in [-0.39, 0.29) is 5.92 Å². The molecule has 0 aromatic rings. The first-order chi connectivity index (χ1) is 7.08. The van der Waals surface area contributed by atoms with Gasteiger partial charge in [-0.1, -0.05) is 6.92 Å². The van der Waals surface area contributed by atoms with Gasteiger partial charge < -0.3 is 4.74 Å². The molecule has 3 aliphatic rings. The smallest absolute Gasteiger partial charge is 0.169 e. The molecule has 0 bridgehead atoms. The molecule has 1 aliphatic heterocycles. The number of Topliss-reactive ketones (excluding diaryl/α,β-unsaturated/α-hetero) is 1.